The van der Waals surface area contributed by atoms with Crippen molar-refractivity contribution in [3.8, 4) is 17.2 Å². The number of esters is 1. The van der Waals surface area contributed by atoms with Crippen molar-refractivity contribution >= 4 is 23.0 Å². The van der Waals surface area contributed by atoms with Crippen LogP contribution in [0.1, 0.15) is 18.1 Å². The largest absolute Gasteiger partial charge is 0.507 e. The topological polar surface area (TPSA) is 90.6 Å². The lowest BCUT2D eigenvalue weighted by molar-refractivity contribution is -0.131. The first kappa shape index (κ1) is 13.9. The predicted molar refractivity (Wildman–Crippen MR) is 75.8 cm³/mol. The van der Waals surface area contributed by atoms with Crippen LogP contribution in [0.2, 0.25) is 0 Å². The third kappa shape index (κ3) is 2.18. The van der Waals surface area contributed by atoms with Crippen LogP contribution in [0.15, 0.2) is 18.2 Å². The van der Waals surface area contributed by atoms with E-state index in [4.69, 9.17) is 10.1 Å². The number of fused-ring (bicyclic) bond motifs is 1. The minimum absolute atomic E-state index is 0.0173. The zero-order valence-electron chi connectivity index (χ0n) is 11.2. The molecule has 0 spiro atoms. The number of carbonyl (C=O) groups excluding carboxylic acids is 1. The highest BCUT2D eigenvalue weighted by Crippen LogP contribution is 2.43. The maximum absolute atomic E-state index is 11.1. The van der Waals surface area contributed by atoms with Crippen molar-refractivity contribution in [3.05, 3.63) is 29.3 Å². The molecule has 0 radical (unpaired) electrons. The predicted octanol–water partition coefficient (Wildman–Crippen LogP) is 2.68. The van der Waals surface area contributed by atoms with Crippen molar-refractivity contribution in [3.63, 3.8) is 0 Å². The van der Waals surface area contributed by atoms with Crippen molar-refractivity contribution in [2.75, 3.05) is 0 Å². The first-order valence-corrected chi connectivity index (χ1v) is 6.10. The molecular weight excluding hydrogens is 258 g/mol. The summed E-state index contributed by atoms with van der Waals surface area (Å²) in [6, 6.07) is 4.82. The van der Waals surface area contributed by atoms with E-state index in [2.05, 4.69) is 0 Å². The Morgan fingerprint density at radius 1 is 1.35 bits per heavy atom. The zero-order valence-corrected chi connectivity index (χ0v) is 11.2. The number of phenolic OH excluding ortho intramolecular Hbond substituents is 2. The number of hydrogen-bond acceptors (Lipinski definition) is 5. The highest BCUT2D eigenvalue weighted by Gasteiger charge is 2.19. The van der Waals surface area contributed by atoms with Gasteiger partial charge in [-0.1, -0.05) is 12.1 Å². The van der Waals surface area contributed by atoms with Gasteiger partial charge in [-0.25, -0.2) is 0 Å². The Labute approximate surface area is 115 Å². The highest BCUT2D eigenvalue weighted by atomic mass is 16.5. The lowest BCUT2D eigenvalue weighted by Gasteiger charge is -2.15. The molecule has 2 aromatic carbocycles. The van der Waals surface area contributed by atoms with E-state index < -0.39 is 5.97 Å². The summed E-state index contributed by atoms with van der Waals surface area (Å²) >= 11 is 0. The number of ether oxygens (including phenoxy) is 1. The molecule has 0 aliphatic rings. The summed E-state index contributed by atoms with van der Waals surface area (Å²) < 4.78 is 5.07. The molecule has 3 N–H and O–H groups in total. The van der Waals surface area contributed by atoms with Gasteiger partial charge >= 0.3 is 5.97 Å². The number of rotatable bonds is 3. The Hall–Kier alpha value is -2.56. The van der Waals surface area contributed by atoms with E-state index in [9.17, 15) is 15.0 Å². The van der Waals surface area contributed by atoms with Crippen LogP contribution in [0.3, 0.4) is 0 Å². The first-order chi connectivity index (χ1) is 9.47. The summed E-state index contributed by atoms with van der Waals surface area (Å²) in [5.74, 6) is -0.376. The smallest absolute Gasteiger partial charge is 0.308 e. The van der Waals surface area contributed by atoms with Gasteiger partial charge in [0.05, 0.1) is 5.39 Å². The summed E-state index contributed by atoms with van der Waals surface area (Å²) in [6.45, 7) is 2.94. The SMILES string of the molecule is CC(=O)Oc1cccc2c(O)c(C)c(CC=N)c(O)c12. The minimum Gasteiger partial charge on any atom is -0.507 e. The van der Waals surface area contributed by atoms with Crippen molar-refractivity contribution in [1.82, 2.24) is 0 Å². The zero-order chi connectivity index (χ0) is 14.9. The molecule has 0 aromatic heterocycles. The number of phenols is 2. The summed E-state index contributed by atoms with van der Waals surface area (Å²) in [4.78, 5) is 11.1. The van der Waals surface area contributed by atoms with E-state index >= 15 is 0 Å². The molecule has 104 valence electrons. The third-order valence-corrected chi connectivity index (χ3v) is 3.17. The Balaban J connectivity index is 2.86. The monoisotopic (exact) mass is 273 g/mol. The van der Waals surface area contributed by atoms with Gasteiger partial charge in [0.1, 0.15) is 17.2 Å². The first-order valence-electron chi connectivity index (χ1n) is 6.10. The quantitative estimate of drug-likeness (QED) is 0.347. The van der Waals surface area contributed by atoms with Gasteiger partial charge in [-0.15, -0.1) is 0 Å². The van der Waals surface area contributed by atoms with Crippen LogP contribution in [-0.2, 0) is 11.2 Å². The lowest BCUT2D eigenvalue weighted by atomic mass is 9.96. The number of carbonyl (C=O) groups is 1. The van der Waals surface area contributed by atoms with Crippen LogP contribution in [0.4, 0.5) is 0 Å². The number of aromatic hydroxyl groups is 2. The molecule has 0 fully saturated rings. The van der Waals surface area contributed by atoms with Gasteiger partial charge in [-0.05, 0) is 24.8 Å². The van der Waals surface area contributed by atoms with E-state index in [1.54, 1.807) is 25.1 Å². The molecule has 5 heteroatoms. The Morgan fingerprint density at radius 2 is 2.05 bits per heavy atom. The van der Waals surface area contributed by atoms with Crippen LogP contribution < -0.4 is 4.74 Å². The van der Waals surface area contributed by atoms with Gasteiger partial charge in [-0.3, -0.25) is 4.79 Å². The Morgan fingerprint density at radius 3 is 2.65 bits per heavy atom. The van der Waals surface area contributed by atoms with Gasteiger partial charge in [0.2, 0.25) is 0 Å². The molecule has 5 nitrogen and oxygen atoms in total. The minimum atomic E-state index is -0.509. The highest BCUT2D eigenvalue weighted by molar-refractivity contribution is 6.01. The normalized spacial score (nSPS) is 10.5. The van der Waals surface area contributed by atoms with E-state index in [0.29, 0.717) is 16.5 Å². The number of hydrogen-bond donors (Lipinski definition) is 3. The van der Waals surface area contributed by atoms with Crippen LogP contribution >= 0.6 is 0 Å². The second-order valence-electron chi connectivity index (χ2n) is 4.48. The maximum atomic E-state index is 11.1. The second kappa shape index (κ2) is 5.21. The van der Waals surface area contributed by atoms with E-state index in [1.165, 1.54) is 6.92 Å². The fraction of sp³-hybridized carbons (Fsp3) is 0.200. The van der Waals surface area contributed by atoms with E-state index in [1.807, 2.05) is 0 Å². The third-order valence-electron chi connectivity index (χ3n) is 3.17. The maximum Gasteiger partial charge on any atom is 0.308 e. The Bertz CT molecular complexity index is 707. The summed E-state index contributed by atoms with van der Waals surface area (Å²) in [5.41, 5.74) is 0.961. The van der Waals surface area contributed by atoms with Crippen molar-refractivity contribution < 1.29 is 19.7 Å². The molecule has 0 bridgehead atoms. The molecule has 2 rings (SSSR count). The molecule has 0 saturated carbocycles. The Kier molecular flexibility index (Phi) is 3.61. The molecule has 0 atom stereocenters. The summed E-state index contributed by atoms with van der Waals surface area (Å²) in [6.07, 6.45) is 1.33. The van der Waals surface area contributed by atoms with Crippen molar-refractivity contribution in [2.45, 2.75) is 20.3 Å². The molecule has 0 aliphatic heterocycles. The van der Waals surface area contributed by atoms with Gasteiger partial charge in [-0.2, -0.15) is 0 Å². The van der Waals surface area contributed by atoms with Gasteiger partial charge in [0.25, 0.3) is 0 Å². The molecule has 0 amide bonds. The van der Waals surface area contributed by atoms with Gasteiger partial charge < -0.3 is 20.4 Å². The number of nitrogens with one attached hydrogen (secondary N) is 1. The second-order valence-corrected chi connectivity index (χ2v) is 4.48. The molecule has 0 unspecified atom stereocenters. The van der Waals surface area contributed by atoms with Crippen LogP contribution in [0, 0.1) is 12.3 Å². The fourth-order valence-electron chi connectivity index (χ4n) is 2.24. The summed E-state index contributed by atoms with van der Waals surface area (Å²) in [7, 11) is 0. The molecule has 0 aliphatic carbocycles. The lowest BCUT2D eigenvalue weighted by Crippen LogP contribution is -2.03. The van der Waals surface area contributed by atoms with Gasteiger partial charge in [0, 0.05) is 24.3 Å². The number of benzene rings is 2. The van der Waals surface area contributed by atoms with Gasteiger partial charge in [0.15, 0.2) is 0 Å². The molecule has 20 heavy (non-hydrogen) atoms. The molecule has 0 heterocycles. The van der Waals surface area contributed by atoms with E-state index in [-0.39, 0.29) is 29.1 Å². The van der Waals surface area contributed by atoms with E-state index in [0.717, 1.165) is 6.21 Å². The standard InChI is InChI=1S/C15H15NO4/c1-8-10(6-7-16)15(19)13-11(14(8)18)4-3-5-12(13)20-9(2)17/h3-5,7,16,18-19H,6H2,1-2H3. The van der Waals surface area contributed by atoms with Crippen molar-refractivity contribution in [1.29, 1.82) is 5.41 Å². The average Bonchev–Trinajstić information content (AvgIpc) is 2.40. The fourth-order valence-corrected chi connectivity index (χ4v) is 2.24. The molecular formula is C15H15NO4. The summed E-state index contributed by atoms with van der Waals surface area (Å²) in [5, 5.41) is 28.5. The molecule has 2 aromatic rings. The van der Waals surface area contributed by atoms with Crippen LogP contribution in [-0.4, -0.2) is 22.4 Å². The average molecular weight is 273 g/mol. The van der Waals surface area contributed by atoms with Crippen molar-refractivity contribution in [2.24, 2.45) is 0 Å². The molecule has 0 saturated heterocycles. The van der Waals surface area contributed by atoms with Crippen LogP contribution in [0.5, 0.6) is 17.2 Å². The van der Waals surface area contributed by atoms with Crippen LogP contribution in [0.25, 0.3) is 10.8 Å².